The highest BCUT2D eigenvalue weighted by Crippen LogP contribution is 2.43. The van der Waals surface area contributed by atoms with Crippen molar-refractivity contribution in [3.05, 3.63) is 50.6 Å². The molecule has 0 saturated heterocycles. The van der Waals surface area contributed by atoms with Gasteiger partial charge in [0.05, 0.1) is 0 Å². The number of methoxy groups -OCH3 is 1. The van der Waals surface area contributed by atoms with E-state index >= 15 is 0 Å². The van der Waals surface area contributed by atoms with E-state index in [4.69, 9.17) is 23.7 Å². The van der Waals surface area contributed by atoms with Gasteiger partial charge in [0, 0.05) is 38.3 Å². The largest absolute Gasteiger partial charge is 0.411 e. The van der Waals surface area contributed by atoms with Gasteiger partial charge >= 0.3 is 35.5 Å². The molecule has 0 fully saturated rings. The van der Waals surface area contributed by atoms with E-state index in [1.807, 2.05) is 0 Å². The van der Waals surface area contributed by atoms with Gasteiger partial charge in [0.25, 0.3) is 0 Å². The van der Waals surface area contributed by atoms with E-state index in [2.05, 4.69) is 26.3 Å². The van der Waals surface area contributed by atoms with E-state index in [0.29, 0.717) is 0 Å². The maximum Gasteiger partial charge on any atom is 0.363 e. The summed E-state index contributed by atoms with van der Waals surface area (Å²) in [5, 5.41) is 0. The van der Waals surface area contributed by atoms with Gasteiger partial charge in [-0.15, -0.1) is 0 Å². The molecule has 28 heavy (non-hydrogen) atoms. The van der Waals surface area contributed by atoms with E-state index in [1.54, 1.807) is 0 Å². The van der Waals surface area contributed by atoms with Gasteiger partial charge in [0.15, 0.2) is 0 Å². The summed E-state index contributed by atoms with van der Waals surface area (Å²) in [4.78, 5) is 48.1. The van der Waals surface area contributed by atoms with Crippen LogP contribution in [0.4, 0.5) is 0 Å². The summed E-state index contributed by atoms with van der Waals surface area (Å²) in [6.45, 7) is 16.7. The molecule has 0 bridgehead atoms. The SMILES string of the molecule is C=CC(=O)OC(C)(OC(=O)C=C)C(OC(=O)C=C)(OC(=O)C=C)C(C)(C)OC. The Kier molecular flexibility index (Phi) is 8.55. The molecule has 0 radical (unpaired) electrons. The maximum atomic E-state index is 12.1. The molecule has 0 N–H and O–H groups in total. The van der Waals surface area contributed by atoms with Gasteiger partial charge in [-0.1, -0.05) is 26.3 Å². The van der Waals surface area contributed by atoms with E-state index in [0.717, 1.165) is 31.2 Å². The summed E-state index contributed by atoms with van der Waals surface area (Å²) in [6, 6.07) is 0. The standard InChI is InChI=1S/C19H24O9/c1-9-13(20)25-18(7,26-14(21)10-2)19(17(5,6)24-8,27-15(22)11-3)28-16(23)12-4/h9-12H,1-4H2,5-8H3. The van der Waals surface area contributed by atoms with E-state index in [-0.39, 0.29) is 0 Å². The third-order valence-electron chi connectivity index (χ3n) is 3.65. The number of carbonyl (C=O) groups is 4. The smallest absolute Gasteiger partial charge is 0.363 e. The fourth-order valence-corrected chi connectivity index (χ4v) is 2.12. The van der Waals surface area contributed by atoms with Gasteiger partial charge in [0.2, 0.25) is 0 Å². The molecule has 0 aliphatic carbocycles. The lowest BCUT2D eigenvalue weighted by molar-refractivity contribution is -0.397. The topological polar surface area (TPSA) is 114 Å². The van der Waals surface area contributed by atoms with Crippen LogP contribution in [0.5, 0.6) is 0 Å². The number of rotatable bonds is 11. The monoisotopic (exact) mass is 396 g/mol. The van der Waals surface area contributed by atoms with Gasteiger partial charge in [-0.2, -0.15) is 0 Å². The molecule has 0 saturated carbocycles. The molecule has 9 nitrogen and oxygen atoms in total. The second-order valence-electron chi connectivity index (χ2n) is 5.78. The normalized spacial score (nSPS) is 11.4. The first-order valence-electron chi connectivity index (χ1n) is 7.85. The quantitative estimate of drug-likeness (QED) is 0.292. The van der Waals surface area contributed by atoms with Crippen molar-refractivity contribution in [2.24, 2.45) is 0 Å². The molecule has 0 aromatic rings. The Morgan fingerprint density at radius 3 is 1.18 bits per heavy atom. The summed E-state index contributed by atoms with van der Waals surface area (Å²) < 4.78 is 26.2. The minimum absolute atomic E-state index is 0.757. The van der Waals surface area contributed by atoms with Crippen molar-refractivity contribution in [3.8, 4) is 0 Å². The number of ether oxygens (including phenoxy) is 5. The molecular weight excluding hydrogens is 372 g/mol. The first-order valence-corrected chi connectivity index (χ1v) is 7.85. The average Bonchev–Trinajstić information content (AvgIpc) is 2.66. The van der Waals surface area contributed by atoms with Gasteiger partial charge in [-0.05, 0) is 13.8 Å². The van der Waals surface area contributed by atoms with Crippen LogP contribution in [0, 0.1) is 0 Å². The zero-order chi connectivity index (χ0) is 22.2. The van der Waals surface area contributed by atoms with Crippen LogP contribution in [0.2, 0.25) is 0 Å². The lowest BCUT2D eigenvalue weighted by atomic mass is 9.88. The Morgan fingerprint density at radius 2 is 0.929 bits per heavy atom. The molecule has 0 rings (SSSR count). The first-order chi connectivity index (χ1) is 12.9. The predicted octanol–water partition coefficient (Wildman–Crippen LogP) is 1.74. The Morgan fingerprint density at radius 1 is 0.643 bits per heavy atom. The Bertz CT molecular complexity index is 644. The van der Waals surface area contributed by atoms with Crippen molar-refractivity contribution in [2.45, 2.75) is 37.9 Å². The van der Waals surface area contributed by atoms with Gasteiger partial charge in [-0.3, -0.25) is 0 Å². The zero-order valence-electron chi connectivity index (χ0n) is 16.3. The highest BCUT2D eigenvalue weighted by molar-refractivity contribution is 5.85. The Labute approximate surface area is 163 Å². The first kappa shape index (κ1) is 24.8. The summed E-state index contributed by atoms with van der Waals surface area (Å²) in [5.41, 5.74) is -1.73. The van der Waals surface area contributed by atoms with Crippen LogP contribution in [-0.2, 0) is 42.9 Å². The average molecular weight is 396 g/mol. The lowest BCUT2D eigenvalue weighted by Crippen LogP contribution is -2.71. The fourth-order valence-electron chi connectivity index (χ4n) is 2.12. The molecular formula is C19H24O9. The molecule has 0 heterocycles. The molecule has 9 heteroatoms. The van der Waals surface area contributed by atoms with Crippen molar-refractivity contribution in [3.63, 3.8) is 0 Å². The maximum absolute atomic E-state index is 12.1. The lowest BCUT2D eigenvalue weighted by Gasteiger charge is -2.49. The van der Waals surface area contributed by atoms with Crippen LogP contribution in [-0.4, -0.2) is 48.2 Å². The van der Waals surface area contributed by atoms with Gasteiger partial charge in [0.1, 0.15) is 5.60 Å². The molecule has 0 aliphatic rings. The van der Waals surface area contributed by atoms with Crippen molar-refractivity contribution < 1.29 is 42.9 Å². The summed E-state index contributed by atoms with van der Waals surface area (Å²) in [7, 11) is 1.20. The van der Waals surface area contributed by atoms with Crippen LogP contribution < -0.4 is 0 Å². The summed E-state index contributed by atoms with van der Waals surface area (Å²) in [5.74, 6) is -9.54. The van der Waals surface area contributed by atoms with Crippen molar-refractivity contribution >= 4 is 23.9 Å². The van der Waals surface area contributed by atoms with Crippen LogP contribution in [0.3, 0.4) is 0 Å². The molecule has 0 aromatic carbocycles. The molecule has 0 aromatic heterocycles. The highest BCUT2D eigenvalue weighted by atomic mass is 16.8. The molecule has 0 spiro atoms. The minimum atomic E-state index is -2.64. The molecule has 0 aliphatic heterocycles. The Hall–Kier alpha value is -3.20. The van der Waals surface area contributed by atoms with Gasteiger partial charge in [-0.25, -0.2) is 19.2 Å². The minimum Gasteiger partial charge on any atom is -0.411 e. The van der Waals surface area contributed by atoms with Crippen LogP contribution in [0.25, 0.3) is 0 Å². The molecule has 0 amide bonds. The summed E-state index contributed by atoms with van der Waals surface area (Å²) >= 11 is 0. The van der Waals surface area contributed by atoms with Crippen LogP contribution in [0.1, 0.15) is 20.8 Å². The van der Waals surface area contributed by atoms with E-state index in [9.17, 15) is 19.2 Å². The number of hydrogen-bond acceptors (Lipinski definition) is 9. The number of esters is 4. The third-order valence-corrected chi connectivity index (χ3v) is 3.65. The van der Waals surface area contributed by atoms with Gasteiger partial charge < -0.3 is 23.7 Å². The number of hydrogen-bond donors (Lipinski definition) is 0. The predicted molar refractivity (Wildman–Crippen MR) is 97.4 cm³/mol. The van der Waals surface area contributed by atoms with Crippen LogP contribution >= 0.6 is 0 Å². The zero-order valence-corrected chi connectivity index (χ0v) is 16.3. The molecule has 0 atom stereocenters. The van der Waals surface area contributed by atoms with Crippen molar-refractivity contribution in [1.29, 1.82) is 0 Å². The summed E-state index contributed by atoms with van der Waals surface area (Å²) in [6.07, 6.45) is 3.03. The second kappa shape index (κ2) is 9.65. The Balaban J connectivity index is 7.01. The van der Waals surface area contributed by atoms with Crippen molar-refractivity contribution in [2.75, 3.05) is 7.11 Å². The fraction of sp³-hybridized carbons (Fsp3) is 0.368. The van der Waals surface area contributed by atoms with Crippen molar-refractivity contribution in [1.82, 2.24) is 0 Å². The molecule has 154 valence electrons. The third kappa shape index (κ3) is 5.17. The van der Waals surface area contributed by atoms with E-state index in [1.165, 1.54) is 21.0 Å². The van der Waals surface area contributed by atoms with E-state index < -0.39 is 41.1 Å². The van der Waals surface area contributed by atoms with Crippen LogP contribution in [0.15, 0.2) is 50.6 Å². The molecule has 0 unspecified atom stereocenters. The number of carbonyl (C=O) groups excluding carboxylic acids is 4. The second-order valence-corrected chi connectivity index (χ2v) is 5.78. The highest BCUT2D eigenvalue weighted by Gasteiger charge is 2.70.